The van der Waals surface area contributed by atoms with Crippen LogP contribution in [0.4, 0.5) is 10.1 Å². The van der Waals surface area contributed by atoms with Crippen LogP contribution in [0.2, 0.25) is 0 Å². The van der Waals surface area contributed by atoms with Crippen molar-refractivity contribution < 1.29 is 14.0 Å². The van der Waals surface area contributed by atoms with Crippen molar-refractivity contribution in [3.8, 4) is 0 Å². The smallest absolute Gasteiger partial charge is 0.265 e. The van der Waals surface area contributed by atoms with E-state index in [1.54, 1.807) is 41.3 Å². The van der Waals surface area contributed by atoms with Gasteiger partial charge in [0.2, 0.25) is 0 Å². The van der Waals surface area contributed by atoms with E-state index in [0.29, 0.717) is 22.7 Å². The molecule has 0 radical (unpaired) electrons. The Morgan fingerprint density at radius 2 is 1.89 bits per heavy atom. The average Bonchev–Trinajstić information content (AvgIpc) is 3.38. The van der Waals surface area contributed by atoms with Crippen LogP contribution in [-0.2, 0) is 6.54 Å². The van der Waals surface area contributed by atoms with Crippen molar-refractivity contribution in [1.29, 1.82) is 0 Å². The summed E-state index contributed by atoms with van der Waals surface area (Å²) in [4.78, 5) is 27.8. The lowest BCUT2D eigenvalue weighted by Gasteiger charge is -2.23. The van der Waals surface area contributed by atoms with Crippen molar-refractivity contribution in [2.75, 3.05) is 5.32 Å². The lowest BCUT2D eigenvalue weighted by molar-refractivity contribution is 0.0729. The maximum Gasteiger partial charge on any atom is 0.265 e. The number of benzene rings is 2. The predicted molar refractivity (Wildman–Crippen MR) is 108 cm³/mol. The Balaban J connectivity index is 1.52. The summed E-state index contributed by atoms with van der Waals surface area (Å²) in [6.45, 7) is 0.368. The van der Waals surface area contributed by atoms with Gasteiger partial charge in [0, 0.05) is 23.8 Å². The number of nitrogens with zero attached hydrogens (tertiary/aromatic N) is 1. The number of carbonyl (C=O) groups excluding carboxylic acids is 2. The molecule has 4 nitrogen and oxygen atoms in total. The zero-order chi connectivity index (χ0) is 19.5. The highest BCUT2D eigenvalue weighted by atomic mass is 32.1. The molecule has 2 aromatic carbocycles. The molecule has 1 heterocycles. The van der Waals surface area contributed by atoms with E-state index in [2.05, 4.69) is 5.32 Å². The molecule has 1 N–H and O–H groups in total. The number of halogens is 1. The molecule has 142 valence electrons. The summed E-state index contributed by atoms with van der Waals surface area (Å²) in [5.74, 6) is -0.614. The molecule has 1 saturated carbocycles. The number of thiophene rings is 1. The van der Waals surface area contributed by atoms with Crippen LogP contribution in [-0.4, -0.2) is 22.8 Å². The maximum absolute atomic E-state index is 13.5. The topological polar surface area (TPSA) is 49.4 Å². The first-order valence-electron chi connectivity index (χ1n) is 9.10. The molecule has 0 saturated heterocycles. The van der Waals surface area contributed by atoms with Gasteiger partial charge in [0.05, 0.1) is 4.88 Å². The molecule has 1 fully saturated rings. The lowest BCUT2D eigenvalue weighted by Crippen LogP contribution is -2.32. The van der Waals surface area contributed by atoms with Gasteiger partial charge in [0.1, 0.15) is 5.82 Å². The highest BCUT2D eigenvalue weighted by Crippen LogP contribution is 2.30. The Kier molecular flexibility index (Phi) is 5.21. The molecule has 0 unspecified atom stereocenters. The third-order valence-electron chi connectivity index (χ3n) is 4.60. The molecular weight excluding hydrogens is 375 g/mol. The monoisotopic (exact) mass is 394 g/mol. The van der Waals surface area contributed by atoms with Gasteiger partial charge >= 0.3 is 0 Å². The molecule has 3 aromatic rings. The van der Waals surface area contributed by atoms with Gasteiger partial charge in [0.15, 0.2) is 0 Å². The Labute approximate surface area is 166 Å². The van der Waals surface area contributed by atoms with Crippen molar-refractivity contribution in [2.24, 2.45) is 0 Å². The Bertz CT molecular complexity index is 999. The summed E-state index contributed by atoms with van der Waals surface area (Å²) in [6, 6.07) is 17.0. The van der Waals surface area contributed by atoms with Crippen LogP contribution in [0.5, 0.6) is 0 Å². The number of nitrogens with one attached hydrogen (secondary N) is 1. The van der Waals surface area contributed by atoms with Crippen molar-refractivity contribution in [2.45, 2.75) is 25.4 Å². The fourth-order valence-electron chi connectivity index (χ4n) is 3.08. The molecule has 2 amide bonds. The summed E-state index contributed by atoms with van der Waals surface area (Å²) in [5, 5.41) is 4.67. The molecule has 4 rings (SSSR count). The molecule has 0 spiro atoms. The van der Waals surface area contributed by atoms with Crippen LogP contribution in [0.1, 0.15) is 38.4 Å². The summed E-state index contributed by atoms with van der Waals surface area (Å²) < 4.78 is 13.5. The Morgan fingerprint density at radius 3 is 2.61 bits per heavy atom. The van der Waals surface area contributed by atoms with Gasteiger partial charge in [-0.15, -0.1) is 11.3 Å². The highest BCUT2D eigenvalue weighted by molar-refractivity contribution is 7.12. The third kappa shape index (κ3) is 4.28. The molecule has 0 aliphatic heterocycles. The average molecular weight is 394 g/mol. The van der Waals surface area contributed by atoms with Crippen LogP contribution in [0.3, 0.4) is 0 Å². The van der Waals surface area contributed by atoms with Gasteiger partial charge in [-0.25, -0.2) is 4.39 Å². The second kappa shape index (κ2) is 7.94. The zero-order valence-electron chi connectivity index (χ0n) is 15.1. The van der Waals surface area contributed by atoms with E-state index in [1.165, 1.54) is 23.5 Å². The summed E-state index contributed by atoms with van der Waals surface area (Å²) in [5.41, 5.74) is 1.85. The molecule has 0 atom stereocenters. The molecule has 6 heteroatoms. The first-order valence-corrected chi connectivity index (χ1v) is 9.98. The minimum absolute atomic E-state index is 0.112. The summed E-state index contributed by atoms with van der Waals surface area (Å²) in [6.07, 6.45) is 1.91. The number of rotatable bonds is 6. The second-order valence-electron chi connectivity index (χ2n) is 6.81. The van der Waals surface area contributed by atoms with Crippen molar-refractivity contribution in [3.63, 3.8) is 0 Å². The Hall–Kier alpha value is -2.99. The molecule has 0 bridgehead atoms. The maximum atomic E-state index is 13.5. The normalized spacial score (nSPS) is 13.2. The van der Waals surface area contributed by atoms with Gasteiger partial charge in [-0.2, -0.15) is 0 Å². The van der Waals surface area contributed by atoms with E-state index in [9.17, 15) is 14.0 Å². The van der Waals surface area contributed by atoms with Crippen molar-refractivity contribution >= 4 is 28.8 Å². The quantitative estimate of drug-likeness (QED) is 0.643. The number of anilines is 1. The van der Waals surface area contributed by atoms with Crippen LogP contribution < -0.4 is 5.32 Å². The summed E-state index contributed by atoms with van der Waals surface area (Å²) in [7, 11) is 0. The van der Waals surface area contributed by atoms with Crippen LogP contribution in [0.15, 0.2) is 66.0 Å². The second-order valence-corrected chi connectivity index (χ2v) is 7.75. The van der Waals surface area contributed by atoms with Gasteiger partial charge in [-0.05, 0) is 60.2 Å². The van der Waals surface area contributed by atoms with E-state index in [0.717, 1.165) is 18.4 Å². The SMILES string of the molecule is O=C(Nc1cccc(C(=O)N(Cc2cccc(F)c2)C2CC2)c1)c1cccs1. The first kappa shape index (κ1) is 18.4. The molecule has 1 aliphatic carbocycles. The van der Waals surface area contributed by atoms with Gasteiger partial charge in [-0.1, -0.05) is 24.3 Å². The molecular formula is C22H19FN2O2S. The lowest BCUT2D eigenvalue weighted by atomic mass is 10.1. The number of amides is 2. The number of hydrogen-bond acceptors (Lipinski definition) is 3. The van der Waals surface area contributed by atoms with Crippen LogP contribution in [0, 0.1) is 5.82 Å². The standard InChI is InChI=1S/C22H19FN2O2S/c23-17-6-1-4-15(12-17)14-25(19-9-10-19)22(27)16-5-2-7-18(13-16)24-21(26)20-8-3-11-28-20/h1-8,11-13,19H,9-10,14H2,(H,24,26). The predicted octanol–water partition coefficient (Wildman–Crippen LogP) is 4.94. The minimum atomic E-state index is -0.306. The van der Waals surface area contributed by atoms with E-state index in [-0.39, 0.29) is 23.7 Å². The molecule has 1 aliphatic rings. The van der Waals surface area contributed by atoms with E-state index < -0.39 is 0 Å². The molecule has 28 heavy (non-hydrogen) atoms. The van der Waals surface area contributed by atoms with Gasteiger partial charge in [-0.3, -0.25) is 9.59 Å². The fraction of sp³-hybridized carbons (Fsp3) is 0.182. The van der Waals surface area contributed by atoms with Crippen molar-refractivity contribution in [1.82, 2.24) is 4.90 Å². The minimum Gasteiger partial charge on any atom is -0.331 e. The van der Waals surface area contributed by atoms with E-state index in [1.807, 2.05) is 17.5 Å². The Morgan fingerprint density at radius 1 is 1.07 bits per heavy atom. The number of carbonyl (C=O) groups is 2. The van der Waals surface area contributed by atoms with Crippen LogP contribution in [0.25, 0.3) is 0 Å². The number of hydrogen-bond donors (Lipinski definition) is 1. The van der Waals surface area contributed by atoms with Crippen LogP contribution >= 0.6 is 11.3 Å². The highest BCUT2D eigenvalue weighted by Gasteiger charge is 2.33. The van der Waals surface area contributed by atoms with Gasteiger partial charge < -0.3 is 10.2 Å². The fourth-order valence-corrected chi connectivity index (χ4v) is 3.70. The third-order valence-corrected chi connectivity index (χ3v) is 5.47. The first-order chi connectivity index (χ1) is 13.6. The van der Waals surface area contributed by atoms with Gasteiger partial charge in [0.25, 0.3) is 11.8 Å². The van der Waals surface area contributed by atoms with E-state index >= 15 is 0 Å². The molecule has 1 aromatic heterocycles. The zero-order valence-corrected chi connectivity index (χ0v) is 15.9. The summed E-state index contributed by atoms with van der Waals surface area (Å²) >= 11 is 1.36. The van der Waals surface area contributed by atoms with E-state index in [4.69, 9.17) is 0 Å². The van der Waals surface area contributed by atoms with Crippen molar-refractivity contribution in [3.05, 3.63) is 87.9 Å². The largest absolute Gasteiger partial charge is 0.331 e.